The zero-order valence-electron chi connectivity index (χ0n) is 9.50. The summed E-state index contributed by atoms with van der Waals surface area (Å²) in [4.78, 5) is 0. The third kappa shape index (κ3) is 3.09. The predicted molar refractivity (Wildman–Crippen MR) is 92.7 cm³/mol. The van der Waals surface area contributed by atoms with Crippen molar-refractivity contribution in [3.05, 3.63) is 0 Å². The van der Waals surface area contributed by atoms with Crippen molar-refractivity contribution >= 4 is 87.2 Å². The molecule has 0 amide bonds. The van der Waals surface area contributed by atoms with Crippen LogP contribution in [0.4, 0.5) is 0 Å². The molecule has 0 N–H and O–H groups in total. The smallest absolute Gasteiger partial charge is 0.00589 e. The third-order valence-electron chi connectivity index (χ3n) is 3.75. The molecule has 0 bridgehead atoms. The zero-order chi connectivity index (χ0) is 9.50. The van der Waals surface area contributed by atoms with E-state index in [1.165, 1.54) is 0 Å². The van der Waals surface area contributed by atoms with E-state index >= 15 is 0 Å². The fraction of sp³-hybridized carbons (Fsp3) is 1.00. The monoisotopic (exact) mass is 316 g/mol. The zero-order valence-corrected chi connectivity index (χ0v) is 26.5. The molecule has 0 atom stereocenters. The van der Waals surface area contributed by atoms with Gasteiger partial charge in [0, 0.05) is 6.63 Å². The lowest BCUT2D eigenvalue weighted by molar-refractivity contribution is 2.28. The highest BCUT2D eigenvalue weighted by Gasteiger charge is 2.45. The maximum absolute atomic E-state index is 2.89. The molecule has 68 valence electrons. The first-order chi connectivity index (χ1) is 4.50. The summed E-state index contributed by atoms with van der Waals surface area (Å²) in [5.41, 5.74) is 0. The van der Waals surface area contributed by atoms with Crippen LogP contribution < -0.4 is 0 Å². The Bertz CT molecular complexity index is 116. The largest absolute Gasteiger partial charge is 0.0766 e. The molecule has 0 fully saturated rings. The molecule has 0 heterocycles. The number of rotatable bonds is 2. The van der Waals surface area contributed by atoms with Crippen LogP contribution >= 0.6 is 0 Å². The van der Waals surface area contributed by atoms with Crippen molar-refractivity contribution in [3.8, 4) is 0 Å². The lowest BCUT2D eigenvalue weighted by Crippen LogP contribution is -2.80. The van der Waals surface area contributed by atoms with Crippen LogP contribution in [0.5, 0.6) is 0 Å². The van der Waals surface area contributed by atoms with Crippen molar-refractivity contribution in [2.75, 3.05) is 0 Å². The van der Waals surface area contributed by atoms with Gasteiger partial charge in [-0.3, -0.25) is 0 Å². The predicted octanol–water partition coefficient (Wildman–Crippen LogP) is -8.85. The molecule has 11 heavy (non-hydrogen) atoms. The van der Waals surface area contributed by atoms with Crippen molar-refractivity contribution in [1.29, 1.82) is 0 Å². The molecule has 0 nitrogen and oxygen atoms in total. The Balaban J connectivity index is 4.75. The molecule has 0 saturated heterocycles. The normalized spacial score (nSPS) is 30.3. The summed E-state index contributed by atoms with van der Waals surface area (Å²) >= 11 is 0. The standard InChI is InChI=1S/CH24Si10/c1-9(2,10(3,4)5)11(6,7)8/h1-8H3. The third-order valence-corrected chi connectivity index (χ3v) is 223. The summed E-state index contributed by atoms with van der Waals surface area (Å²) in [7, 11) is 12.1. The van der Waals surface area contributed by atoms with Crippen molar-refractivity contribution in [3.63, 3.8) is 0 Å². The van der Waals surface area contributed by atoms with Crippen LogP contribution in [0.1, 0.15) is 0 Å². The average molecular weight is 317 g/mol. The summed E-state index contributed by atoms with van der Waals surface area (Å²) in [6.07, 6.45) is -0.474. The molecule has 0 rings (SSSR count). The summed E-state index contributed by atoms with van der Waals surface area (Å²) in [5, 5.41) is 0. The van der Waals surface area contributed by atoms with Crippen molar-refractivity contribution in [1.82, 2.24) is 0 Å². The second-order valence-electron chi connectivity index (χ2n) is 6.12. The highest BCUT2D eigenvalue weighted by molar-refractivity contribution is 8.14. The molecule has 0 aromatic rings. The van der Waals surface area contributed by atoms with Gasteiger partial charge in [-0.25, -0.2) is 0 Å². The minimum atomic E-state index is -0.319. The van der Waals surface area contributed by atoms with Gasteiger partial charge in [0.2, 0.25) is 0 Å². The first-order valence-corrected chi connectivity index (χ1v) is 37.5. The van der Waals surface area contributed by atoms with Crippen molar-refractivity contribution in [2.45, 2.75) is 6.55 Å². The highest BCUT2D eigenvalue weighted by Crippen LogP contribution is 2.11. The van der Waals surface area contributed by atoms with Crippen LogP contribution in [0.3, 0.4) is 0 Å². The average Bonchev–Trinajstić information content (AvgIpc) is 1.58. The van der Waals surface area contributed by atoms with Crippen LogP contribution in [-0.4, -0.2) is 87.2 Å². The van der Waals surface area contributed by atoms with Crippen LogP contribution in [0.2, 0.25) is 6.55 Å². The van der Waals surface area contributed by atoms with E-state index in [1.54, 1.807) is 68.3 Å². The highest BCUT2D eigenvalue weighted by atomic mass is 30.4. The van der Waals surface area contributed by atoms with Gasteiger partial charge in [0.15, 0.2) is 0 Å². The van der Waals surface area contributed by atoms with E-state index < -0.39 is 0 Å². The minimum Gasteiger partial charge on any atom is -0.0766 e. The van der Waals surface area contributed by atoms with Gasteiger partial charge in [-0.15, -0.1) is 0 Å². The molecule has 0 radical (unpaired) electrons. The molecule has 0 aliphatic carbocycles. The van der Waals surface area contributed by atoms with Gasteiger partial charge < -0.3 is 0 Å². The fourth-order valence-corrected chi connectivity index (χ4v) is 273. The van der Waals surface area contributed by atoms with E-state index in [2.05, 4.69) is 6.55 Å². The van der Waals surface area contributed by atoms with Gasteiger partial charge in [0.25, 0.3) is 0 Å². The fourth-order valence-electron chi connectivity index (χ4n) is 1.12. The number of hydrogen-bond donors (Lipinski definition) is 0. The molecule has 0 aliphatic rings. The maximum atomic E-state index is 2.89. The second-order valence-corrected chi connectivity index (χ2v) is 147. The van der Waals surface area contributed by atoms with Gasteiger partial charge >= 0.3 is 0 Å². The quantitative estimate of drug-likeness (QED) is 0.444. The van der Waals surface area contributed by atoms with E-state index in [9.17, 15) is 0 Å². The molecule has 10 heteroatoms. The van der Waals surface area contributed by atoms with Crippen LogP contribution in [-0.2, 0) is 0 Å². The molecular weight excluding hydrogens is 293 g/mol. The van der Waals surface area contributed by atoms with Crippen molar-refractivity contribution in [2.24, 2.45) is 0 Å². The minimum absolute atomic E-state index is 0.237. The Morgan fingerprint density at radius 2 is 0.818 bits per heavy atom. The van der Waals surface area contributed by atoms with E-state index in [1.807, 2.05) is 0 Å². The topological polar surface area (TPSA) is 0 Å². The van der Waals surface area contributed by atoms with E-state index in [0.717, 1.165) is 0 Å². The lowest BCUT2D eigenvalue weighted by atomic mass is 11.9. The van der Waals surface area contributed by atoms with Gasteiger partial charge in [-0.2, -0.15) is 0 Å². The van der Waals surface area contributed by atoms with E-state index in [4.69, 9.17) is 0 Å². The SMILES string of the molecule is C[Si]([SiH3])([Si]([SiH3])([SiH3])[SiH3])[Si]([SiH3])([SiH3])[SiH3]. The van der Waals surface area contributed by atoms with Gasteiger partial charge in [-0.1, -0.05) is 6.55 Å². The number of hydrogen-bond acceptors (Lipinski definition) is 0. The molecule has 0 aromatic heterocycles. The second kappa shape index (κ2) is 3.73. The summed E-state index contributed by atoms with van der Waals surface area (Å²) in [6, 6.07) is 0. The Morgan fingerprint density at radius 3 is 0.818 bits per heavy atom. The van der Waals surface area contributed by atoms with E-state index in [-0.39, 0.29) is 18.9 Å². The van der Waals surface area contributed by atoms with Gasteiger partial charge in [-0.05, 0) is 80.6 Å². The summed E-state index contributed by atoms with van der Waals surface area (Å²) < 4.78 is 0. The van der Waals surface area contributed by atoms with Crippen molar-refractivity contribution < 1.29 is 0 Å². The first-order valence-electron chi connectivity index (χ1n) is 4.50. The van der Waals surface area contributed by atoms with Crippen LogP contribution in [0.15, 0.2) is 0 Å². The molecule has 0 spiro atoms. The van der Waals surface area contributed by atoms with E-state index in [0.29, 0.717) is 0 Å². The Morgan fingerprint density at radius 1 is 0.636 bits per heavy atom. The van der Waals surface area contributed by atoms with Gasteiger partial charge in [0.1, 0.15) is 0 Å². The molecular formula is CH24Si10. The Kier molecular flexibility index (Phi) is 4.47. The van der Waals surface area contributed by atoms with Crippen LogP contribution in [0.25, 0.3) is 0 Å². The molecule has 0 aliphatic heterocycles. The molecule has 0 aromatic carbocycles. The molecule has 0 saturated carbocycles. The Hall–Kier alpha value is 2.17. The summed E-state index contributed by atoms with van der Waals surface area (Å²) in [5.74, 6) is 0. The Labute approximate surface area is 93.2 Å². The summed E-state index contributed by atoms with van der Waals surface area (Å²) in [6.45, 7) is 2.57. The lowest BCUT2D eigenvalue weighted by Gasteiger charge is -2.45. The van der Waals surface area contributed by atoms with Gasteiger partial charge in [0.05, 0.1) is 0 Å². The first kappa shape index (κ1) is 13.2. The van der Waals surface area contributed by atoms with Crippen LogP contribution in [0, 0.1) is 0 Å². The maximum Gasteiger partial charge on any atom is 0.00589 e. The molecule has 0 unspecified atom stereocenters.